The molecule has 1 aliphatic carbocycles. The second-order valence-corrected chi connectivity index (χ2v) is 4.76. The molecule has 0 aromatic heterocycles. The second kappa shape index (κ2) is 4.36. The van der Waals surface area contributed by atoms with Crippen molar-refractivity contribution in [2.75, 3.05) is 0 Å². The predicted molar refractivity (Wildman–Crippen MR) is 62.9 cm³/mol. The van der Waals surface area contributed by atoms with Gasteiger partial charge in [0.25, 0.3) is 0 Å². The van der Waals surface area contributed by atoms with Crippen molar-refractivity contribution in [1.29, 1.82) is 0 Å². The van der Waals surface area contributed by atoms with Gasteiger partial charge in [-0.2, -0.15) is 0 Å². The maximum absolute atomic E-state index is 10.1. The molecule has 1 saturated carbocycles. The molecule has 82 valence electrons. The Morgan fingerprint density at radius 1 is 1.20 bits per heavy atom. The Bertz CT molecular complexity index is 296. The van der Waals surface area contributed by atoms with Gasteiger partial charge in [0.2, 0.25) is 0 Å². The molecule has 0 bridgehead atoms. The van der Waals surface area contributed by atoms with Gasteiger partial charge in [0.15, 0.2) is 0 Å². The zero-order chi connectivity index (χ0) is 10.7. The van der Waals surface area contributed by atoms with Crippen molar-refractivity contribution in [2.45, 2.75) is 50.5 Å². The molecule has 1 fully saturated rings. The molecule has 0 heterocycles. The molecule has 0 spiro atoms. The summed E-state index contributed by atoms with van der Waals surface area (Å²) in [5.41, 5.74) is 1.07. The summed E-state index contributed by atoms with van der Waals surface area (Å²) in [6.45, 7) is 2.09. The van der Waals surface area contributed by atoms with E-state index in [0.29, 0.717) is 5.92 Å². The van der Waals surface area contributed by atoms with E-state index in [4.69, 9.17) is 0 Å². The van der Waals surface area contributed by atoms with Crippen LogP contribution < -0.4 is 0 Å². The average molecular weight is 204 g/mol. The van der Waals surface area contributed by atoms with Gasteiger partial charge >= 0.3 is 0 Å². The normalized spacial score (nSPS) is 31.5. The van der Waals surface area contributed by atoms with Crippen LogP contribution in [0.4, 0.5) is 0 Å². The van der Waals surface area contributed by atoms with Crippen LogP contribution in [0.5, 0.6) is 0 Å². The molecular weight excluding hydrogens is 184 g/mol. The summed E-state index contributed by atoms with van der Waals surface area (Å²) in [6, 6.07) is 10.7. The molecule has 0 unspecified atom stereocenters. The Kier molecular flexibility index (Phi) is 3.11. The fourth-order valence-electron chi connectivity index (χ4n) is 2.57. The van der Waals surface area contributed by atoms with Crippen LogP contribution in [0.2, 0.25) is 0 Å². The summed E-state index contributed by atoms with van der Waals surface area (Å²) in [6.07, 6.45) is 5.09. The lowest BCUT2D eigenvalue weighted by atomic mass is 9.75. The molecule has 2 rings (SSSR count). The maximum atomic E-state index is 10.1. The van der Waals surface area contributed by atoms with E-state index in [2.05, 4.69) is 37.3 Å². The Balaban J connectivity index is 2.00. The number of aliphatic hydroxyl groups is 1. The average Bonchev–Trinajstić information content (AvgIpc) is 2.31. The molecular formula is C14H20O. The Hall–Kier alpha value is -0.820. The molecule has 0 amide bonds. The van der Waals surface area contributed by atoms with Gasteiger partial charge in [-0.15, -0.1) is 0 Å². The van der Waals surface area contributed by atoms with Gasteiger partial charge in [0.1, 0.15) is 0 Å². The number of hydrogen-bond acceptors (Lipinski definition) is 1. The molecule has 0 saturated heterocycles. The van der Waals surface area contributed by atoms with E-state index >= 15 is 0 Å². The van der Waals surface area contributed by atoms with Crippen molar-refractivity contribution >= 4 is 0 Å². The largest absolute Gasteiger partial charge is 0.390 e. The van der Waals surface area contributed by atoms with Gasteiger partial charge in [-0.25, -0.2) is 0 Å². The minimum absolute atomic E-state index is 0.370. The smallest absolute Gasteiger partial charge is 0.0645 e. The van der Waals surface area contributed by atoms with E-state index in [1.165, 1.54) is 5.56 Å². The van der Waals surface area contributed by atoms with Crippen molar-refractivity contribution in [1.82, 2.24) is 0 Å². The third-order valence-electron chi connectivity index (χ3n) is 3.85. The van der Waals surface area contributed by atoms with Gasteiger partial charge in [-0.3, -0.25) is 0 Å². The Morgan fingerprint density at radius 2 is 1.80 bits per heavy atom. The molecule has 0 atom stereocenters. The molecule has 1 aliphatic rings. The fraction of sp³-hybridized carbons (Fsp3) is 0.571. The molecule has 1 aromatic rings. The van der Waals surface area contributed by atoms with E-state index in [0.717, 1.165) is 32.1 Å². The van der Waals surface area contributed by atoms with Crippen molar-refractivity contribution in [3.05, 3.63) is 35.9 Å². The number of rotatable bonds is 2. The summed E-state index contributed by atoms with van der Waals surface area (Å²) in [7, 11) is 0. The number of benzene rings is 1. The Labute approximate surface area is 92.1 Å². The fourth-order valence-corrected chi connectivity index (χ4v) is 2.57. The first-order valence-corrected chi connectivity index (χ1v) is 6.01. The molecule has 1 heteroatoms. The zero-order valence-corrected chi connectivity index (χ0v) is 9.45. The standard InChI is InChI=1S/C14H20O/c1-2-14(15)10-8-13(9-11-14)12-6-4-3-5-7-12/h3-7,13,15H,2,8-11H2,1H3/t13-,14-. The minimum Gasteiger partial charge on any atom is -0.390 e. The van der Waals surface area contributed by atoms with Gasteiger partial charge in [-0.05, 0) is 43.6 Å². The van der Waals surface area contributed by atoms with E-state index in [-0.39, 0.29) is 5.60 Å². The lowest BCUT2D eigenvalue weighted by Crippen LogP contribution is -2.32. The summed E-state index contributed by atoms with van der Waals surface area (Å²) >= 11 is 0. The lowest BCUT2D eigenvalue weighted by molar-refractivity contribution is -0.00418. The van der Waals surface area contributed by atoms with Gasteiger partial charge in [-0.1, -0.05) is 37.3 Å². The molecule has 0 radical (unpaired) electrons. The highest BCUT2D eigenvalue weighted by Gasteiger charge is 2.31. The van der Waals surface area contributed by atoms with E-state index < -0.39 is 0 Å². The minimum atomic E-state index is -0.370. The molecule has 1 aromatic carbocycles. The summed E-state index contributed by atoms with van der Waals surface area (Å²) in [4.78, 5) is 0. The summed E-state index contributed by atoms with van der Waals surface area (Å²) < 4.78 is 0. The molecule has 15 heavy (non-hydrogen) atoms. The highest BCUT2D eigenvalue weighted by atomic mass is 16.3. The summed E-state index contributed by atoms with van der Waals surface area (Å²) in [5.74, 6) is 0.665. The van der Waals surface area contributed by atoms with Crippen LogP contribution in [0.3, 0.4) is 0 Å². The van der Waals surface area contributed by atoms with Crippen LogP contribution in [0.15, 0.2) is 30.3 Å². The Morgan fingerprint density at radius 3 is 2.33 bits per heavy atom. The van der Waals surface area contributed by atoms with Crippen LogP contribution in [0, 0.1) is 0 Å². The SMILES string of the molecule is CC[C@]1(O)CC[C@H](c2ccccc2)CC1. The highest BCUT2D eigenvalue weighted by Crippen LogP contribution is 2.39. The molecule has 0 aliphatic heterocycles. The van der Waals surface area contributed by atoms with Crippen molar-refractivity contribution in [3.8, 4) is 0 Å². The van der Waals surface area contributed by atoms with Crippen molar-refractivity contribution in [2.24, 2.45) is 0 Å². The van der Waals surface area contributed by atoms with Crippen LogP contribution in [-0.2, 0) is 0 Å². The lowest BCUT2D eigenvalue weighted by Gasteiger charge is -2.35. The zero-order valence-electron chi connectivity index (χ0n) is 9.45. The van der Waals surface area contributed by atoms with Crippen LogP contribution in [0.25, 0.3) is 0 Å². The molecule has 1 N–H and O–H groups in total. The van der Waals surface area contributed by atoms with Gasteiger partial charge in [0.05, 0.1) is 5.60 Å². The van der Waals surface area contributed by atoms with Crippen molar-refractivity contribution < 1.29 is 5.11 Å². The van der Waals surface area contributed by atoms with Gasteiger partial charge < -0.3 is 5.11 Å². The van der Waals surface area contributed by atoms with Crippen LogP contribution in [-0.4, -0.2) is 10.7 Å². The highest BCUT2D eigenvalue weighted by molar-refractivity contribution is 5.20. The third kappa shape index (κ3) is 2.40. The molecule has 1 nitrogen and oxygen atoms in total. The van der Waals surface area contributed by atoms with E-state index in [1.807, 2.05) is 0 Å². The van der Waals surface area contributed by atoms with Crippen LogP contribution in [0.1, 0.15) is 50.5 Å². The van der Waals surface area contributed by atoms with Crippen LogP contribution >= 0.6 is 0 Å². The first-order valence-electron chi connectivity index (χ1n) is 6.01. The third-order valence-corrected chi connectivity index (χ3v) is 3.85. The van der Waals surface area contributed by atoms with E-state index in [9.17, 15) is 5.11 Å². The first kappa shape index (κ1) is 10.7. The summed E-state index contributed by atoms with van der Waals surface area (Å²) in [5, 5.41) is 10.1. The van der Waals surface area contributed by atoms with Gasteiger partial charge in [0, 0.05) is 0 Å². The second-order valence-electron chi connectivity index (χ2n) is 4.76. The first-order chi connectivity index (χ1) is 7.23. The topological polar surface area (TPSA) is 20.2 Å². The quantitative estimate of drug-likeness (QED) is 0.782. The maximum Gasteiger partial charge on any atom is 0.0645 e. The predicted octanol–water partition coefficient (Wildman–Crippen LogP) is 3.49. The number of hydrogen-bond donors (Lipinski definition) is 1. The van der Waals surface area contributed by atoms with Crippen molar-refractivity contribution in [3.63, 3.8) is 0 Å². The van der Waals surface area contributed by atoms with E-state index in [1.54, 1.807) is 0 Å². The monoisotopic (exact) mass is 204 g/mol.